The van der Waals surface area contributed by atoms with E-state index in [0.29, 0.717) is 5.92 Å². The monoisotopic (exact) mass is 273 g/mol. The first-order valence-electron chi connectivity index (χ1n) is 7.84. The van der Waals surface area contributed by atoms with Gasteiger partial charge in [0.1, 0.15) is 5.65 Å². The normalized spacial score (nSPS) is 14.6. The highest BCUT2D eigenvalue weighted by molar-refractivity contribution is 5.80. The van der Waals surface area contributed by atoms with Gasteiger partial charge in [-0.15, -0.1) is 0 Å². The third-order valence-electron chi connectivity index (χ3n) is 4.01. The number of nitrogens with two attached hydrogens (primary N) is 1. The van der Waals surface area contributed by atoms with Crippen LogP contribution in [0.5, 0.6) is 0 Å². The van der Waals surface area contributed by atoms with Gasteiger partial charge in [0.25, 0.3) is 0 Å². The number of pyridine rings is 1. The summed E-state index contributed by atoms with van der Waals surface area (Å²) in [5.74, 6) is 0.685. The van der Waals surface area contributed by atoms with E-state index in [2.05, 4.69) is 42.6 Å². The summed E-state index contributed by atoms with van der Waals surface area (Å²) < 4.78 is 2.31. The Bertz CT molecular complexity index is 544. The lowest BCUT2D eigenvalue weighted by Gasteiger charge is -2.11. The lowest BCUT2D eigenvalue weighted by Crippen LogP contribution is -2.21. The largest absolute Gasteiger partial charge is 0.332 e. The molecule has 3 nitrogen and oxygen atoms in total. The van der Waals surface area contributed by atoms with Crippen molar-refractivity contribution in [3.63, 3.8) is 0 Å². The quantitative estimate of drug-likeness (QED) is 0.835. The summed E-state index contributed by atoms with van der Waals surface area (Å²) >= 11 is 0. The van der Waals surface area contributed by atoms with Crippen LogP contribution in [0.15, 0.2) is 24.5 Å². The second-order valence-electron chi connectivity index (χ2n) is 5.95. The summed E-state index contributed by atoms with van der Waals surface area (Å²) in [7, 11) is 0. The maximum Gasteiger partial charge on any atom is 0.140 e. The highest BCUT2D eigenvalue weighted by Crippen LogP contribution is 2.22. The van der Waals surface area contributed by atoms with Gasteiger partial charge in [-0.25, -0.2) is 4.98 Å². The van der Waals surface area contributed by atoms with Gasteiger partial charge in [-0.1, -0.05) is 27.2 Å². The molecule has 2 rings (SSSR count). The number of hydrogen-bond donors (Lipinski definition) is 1. The Morgan fingerprint density at radius 1 is 1.35 bits per heavy atom. The van der Waals surface area contributed by atoms with Gasteiger partial charge in [0.05, 0.1) is 0 Å². The summed E-state index contributed by atoms with van der Waals surface area (Å²) in [4.78, 5) is 4.57. The van der Waals surface area contributed by atoms with Crippen molar-refractivity contribution in [1.82, 2.24) is 9.55 Å². The Kier molecular flexibility index (Phi) is 5.18. The fraction of sp³-hybridized carbons (Fsp3) is 0.588. The molecule has 2 atom stereocenters. The topological polar surface area (TPSA) is 43.8 Å². The number of aromatic nitrogens is 2. The fourth-order valence-electron chi connectivity index (χ4n) is 2.84. The van der Waals surface area contributed by atoms with E-state index in [1.54, 1.807) is 0 Å². The second-order valence-corrected chi connectivity index (χ2v) is 5.95. The fourth-order valence-corrected chi connectivity index (χ4v) is 2.84. The average Bonchev–Trinajstić information content (AvgIpc) is 2.77. The van der Waals surface area contributed by atoms with Crippen LogP contribution in [0.4, 0.5) is 0 Å². The highest BCUT2D eigenvalue weighted by atomic mass is 15.0. The van der Waals surface area contributed by atoms with Crippen molar-refractivity contribution < 1.29 is 0 Å². The molecule has 0 saturated heterocycles. The van der Waals surface area contributed by atoms with Crippen LogP contribution < -0.4 is 5.73 Å². The zero-order chi connectivity index (χ0) is 14.5. The van der Waals surface area contributed by atoms with Crippen LogP contribution in [0.1, 0.15) is 45.6 Å². The summed E-state index contributed by atoms with van der Waals surface area (Å²) in [6.45, 7) is 7.75. The summed E-state index contributed by atoms with van der Waals surface area (Å²) in [5, 5.41) is 1.26. The third kappa shape index (κ3) is 3.40. The summed E-state index contributed by atoms with van der Waals surface area (Å²) in [6, 6.07) is 4.42. The van der Waals surface area contributed by atoms with E-state index in [-0.39, 0.29) is 6.04 Å². The molecule has 0 aliphatic rings. The lowest BCUT2D eigenvalue weighted by molar-refractivity contribution is 0.451. The van der Waals surface area contributed by atoms with Gasteiger partial charge in [0, 0.05) is 30.4 Å². The molecule has 0 aliphatic heterocycles. The van der Waals surface area contributed by atoms with Gasteiger partial charge < -0.3 is 10.3 Å². The molecule has 110 valence electrons. The van der Waals surface area contributed by atoms with Crippen LogP contribution in [0.2, 0.25) is 0 Å². The molecule has 0 fully saturated rings. The van der Waals surface area contributed by atoms with E-state index < -0.39 is 0 Å². The van der Waals surface area contributed by atoms with Gasteiger partial charge in [0.15, 0.2) is 0 Å². The van der Waals surface area contributed by atoms with Gasteiger partial charge >= 0.3 is 0 Å². The number of fused-ring (bicyclic) bond motifs is 1. The van der Waals surface area contributed by atoms with E-state index in [1.165, 1.54) is 23.8 Å². The minimum atomic E-state index is 0.238. The van der Waals surface area contributed by atoms with Crippen LogP contribution in [0.25, 0.3) is 11.0 Å². The smallest absolute Gasteiger partial charge is 0.140 e. The number of rotatable bonds is 7. The van der Waals surface area contributed by atoms with Crippen molar-refractivity contribution in [1.29, 1.82) is 0 Å². The Labute approximate surface area is 122 Å². The Hall–Kier alpha value is -1.35. The molecule has 2 aromatic heterocycles. The number of hydrogen-bond acceptors (Lipinski definition) is 2. The molecule has 2 heterocycles. The highest BCUT2D eigenvalue weighted by Gasteiger charge is 2.13. The van der Waals surface area contributed by atoms with Crippen LogP contribution in [-0.2, 0) is 13.0 Å². The average molecular weight is 273 g/mol. The first-order valence-corrected chi connectivity index (χ1v) is 7.84. The van der Waals surface area contributed by atoms with E-state index in [0.717, 1.165) is 25.0 Å². The maximum absolute atomic E-state index is 6.12. The predicted molar refractivity (Wildman–Crippen MR) is 85.8 cm³/mol. The molecule has 3 heteroatoms. The van der Waals surface area contributed by atoms with E-state index in [9.17, 15) is 0 Å². The molecule has 2 aromatic rings. The van der Waals surface area contributed by atoms with Crippen LogP contribution in [0.3, 0.4) is 0 Å². The lowest BCUT2D eigenvalue weighted by atomic mass is 10.1. The maximum atomic E-state index is 6.12. The third-order valence-corrected chi connectivity index (χ3v) is 4.01. The van der Waals surface area contributed by atoms with Crippen molar-refractivity contribution in [2.24, 2.45) is 11.7 Å². The standard InChI is InChI=1S/C17H27N3/c1-4-7-13(3)11-20-12-14(10-15(18)5-2)16-8-6-9-19-17(16)20/h6,8-9,12-13,15H,4-5,7,10-11,18H2,1-3H3. The Morgan fingerprint density at radius 2 is 2.15 bits per heavy atom. The summed E-state index contributed by atoms with van der Waals surface area (Å²) in [5.41, 5.74) is 8.57. The molecule has 0 aromatic carbocycles. The van der Waals surface area contributed by atoms with E-state index in [1.807, 2.05) is 12.3 Å². The number of nitrogens with zero attached hydrogens (tertiary/aromatic N) is 2. The first kappa shape index (κ1) is 15.0. The Morgan fingerprint density at radius 3 is 2.85 bits per heavy atom. The predicted octanol–water partition coefficient (Wildman–Crippen LogP) is 3.75. The molecule has 0 spiro atoms. The zero-order valence-corrected chi connectivity index (χ0v) is 13.0. The van der Waals surface area contributed by atoms with Crippen LogP contribution >= 0.6 is 0 Å². The van der Waals surface area contributed by atoms with Gasteiger partial charge in [0.2, 0.25) is 0 Å². The van der Waals surface area contributed by atoms with Crippen molar-refractivity contribution in [2.75, 3.05) is 0 Å². The van der Waals surface area contributed by atoms with Crippen LogP contribution in [-0.4, -0.2) is 15.6 Å². The molecular formula is C17H27N3. The SMILES string of the molecule is CCCC(C)Cn1cc(CC(N)CC)c2cccnc21. The molecule has 0 saturated carbocycles. The second kappa shape index (κ2) is 6.89. The molecular weight excluding hydrogens is 246 g/mol. The first-order chi connectivity index (χ1) is 9.65. The van der Waals surface area contributed by atoms with Crippen molar-refractivity contribution >= 4 is 11.0 Å². The van der Waals surface area contributed by atoms with Gasteiger partial charge in [-0.3, -0.25) is 0 Å². The molecule has 2 unspecified atom stereocenters. The molecule has 0 radical (unpaired) electrons. The van der Waals surface area contributed by atoms with Gasteiger partial charge in [-0.05, 0) is 42.9 Å². The zero-order valence-electron chi connectivity index (χ0n) is 13.0. The van der Waals surface area contributed by atoms with Crippen molar-refractivity contribution in [2.45, 2.75) is 59.0 Å². The molecule has 0 aliphatic carbocycles. The summed E-state index contributed by atoms with van der Waals surface area (Å²) in [6.07, 6.45) is 8.59. The molecule has 20 heavy (non-hydrogen) atoms. The molecule has 0 bridgehead atoms. The van der Waals surface area contributed by atoms with Gasteiger partial charge in [-0.2, -0.15) is 0 Å². The molecule has 0 amide bonds. The Balaban J connectivity index is 2.30. The van der Waals surface area contributed by atoms with E-state index in [4.69, 9.17) is 5.73 Å². The van der Waals surface area contributed by atoms with E-state index >= 15 is 0 Å². The van der Waals surface area contributed by atoms with Crippen molar-refractivity contribution in [3.8, 4) is 0 Å². The van der Waals surface area contributed by atoms with Crippen molar-refractivity contribution in [3.05, 3.63) is 30.1 Å². The van der Waals surface area contributed by atoms with Crippen LogP contribution in [0, 0.1) is 5.92 Å². The minimum absolute atomic E-state index is 0.238. The minimum Gasteiger partial charge on any atom is -0.332 e. The molecule has 2 N–H and O–H groups in total.